The zero-order valence-electron chi connectivity index (χ0n) is 19.6. The lowest BCUT2D eigenvalue weighted by atomic mass is 9.96. The molecule has 194 valence electrons. The van der Waals surface area contributed by atoms with E-state index < -0.39 is 24.0 Å². The number of carboxylic acids is 1. The number of aromatic nitrogens is 1. The van der Waals surface area contributed by atoms with Crippen LogP contribution in [0.4, 0.5) is 13.2 Å². The molecule has 36 heavy (non-hydrogen) atoms. The van der Waals surface area contributed by atoms with E-state index in [0.717, 1.165) is 43.3 Å². The van der Waals surface area contributed by atoms with Crippen molar-refractivity contribution < 1.29 is 41.9 Å². The first-order valence-electron chi connectivity index (χ1n) is 11.1. The molecule has 1 aromatic heterocycles. The van der Waals surface area contributed by atoms with E-state index in [1.54, 1.807) is 6.07 Å². The maximum atomic E-state index is 12.5. The number of carboxylic acid groups (broad SMARTS) is 1. The molecule has 2 aromatic rings. The SMILES string of the molecule is Cc1nc(CN2CCC(CNC(=O)c3ccc4c(c3)C(=O)NC4=O)CC2)oc1C.O=C(O)C(F)(F)F. The molecule has 0 saturated carbocycles. The molecule has 3 amide bonds. The number of aliphatic carboxylic acids is 1. The second-order valence-electron chi connectivity index (χ2n) is 8.53. The topological polar surface area (TPSA) is 142 Å². The average Bonchev–Trinajstić information content (AvgIpc) is 3.29. The van der Waals surface area contributed by atoms with Crippen molar-refractivity contribution in [2.45, 2.75) is 39.4 Å². The molecular weight excluding hydrogens is 485 g/mol. The molecule has 1 aromatic carbocycles. The Labute approximate surface area is 203 Å². The largest absolute Gasteiger partial charge is 0.490 e. The van der Waals surface area contributed by atoms with E-state index >= 15 is 0 Å². The van der Waals surface area contributed by atoms with E-state index in [1.165, 1.54) is 12.1 Å². The van der Waals surface area contributed by atoms with Gasteiger partial charge in [-0.25, -0.2) is 9.78 Å². The number of carbonyl (C=O) groups is 4. The van der Waals surface area contributed by atoms with E-state index in [9.17, 15) is 27.6 Å². The van der Waals surface area contributed by atoms with Crippen LogP contribution in [0.3, 0.4) is 0 Å². The molecular formula is C23H25F3N4O6. The average molecular weight is 510 g/mol. The van der Waals surface area contributed by atoms with Gasteiger partial charge in [0.1, 0.15) is 5.76 Å². The van der Waals surface area contributed by atoms with E-state index in [0.29, 0.717) is 30.1 Å². The van der Waals surface area contributed by atoms with Crippen molar-refractivity contribution in [3.05, 3.63) is 52.2 Å². The summed E-state index contributed by atoms with van der Waals surface area (Å²) in [6, 6.07) is 4.58. The van der Waals surface area contributed by atoms with Crippen molar-refractivity contribution in [1.82, 2.24) is 20.5 Å². The van der Waals surface area contributed by atoms with Gasteiger partial charge in [-0.3, -0.25) is 24.6 Å². The molecule has 3 heterocycles. The molecule has 1 saturated heterocycles. The molecule has 2 aliphatic heterocycles. The van der Waals surface area contributed by atoms with Gasteiger partial charge in [0.15, 0.2) is 0 Å². The Hall–Kier alpha value is -3.74. The highest BCUT2D eigenvalue weighted by molar-refractivity contribution is 6.22. The summed E-state index contributed by atoms with van der Waals surface area (Å²) in [6.07, 6.45) is -3.11. The lowest BCUT2D eigenvalue weighted by Gasteiger charge is -2.31. The molecule has 2 aliphatic rings. The van der Waals surface area contributed by atoms with Crippen molar-refractivity contribution >= 4 is 23.7 Å². The highest BCUT2D eigenvalue weighted by atomic mass is 19.4. The Bertz CT molecular complexity index is 1150. The van der Waals surface area contributed by atoms with Crippen molar-refractivity contribution in [1.29, 1.82) is 0 Å². The van der Waals surface area contributed by atoms with Crippen LogP contribution >= 0.6 is 0 Å². The van der Waals surface area contributed by atoms with Crippen LogP contribution in [0, 0.1) is 19.8 Å². The summed E-state index contributed by atoms with van der Waals surface area (Å²) in [5.74, 6) is -1.83. The maximum Gasteiger partial charge on any atom is 0.490 e. The van der Waals surface area contributed by atoms with Crippen LogP contribution in [0.2, 0.25) is 0 Å². The summed E-state index contributed by atoms with van der Waals surface area (Å²) in [6.45, 7) is 7.04. The summed E-state index contributed by atoms with van der Waals surface area (Å²) < 4.78 is 37.4. The Balaban J connectivity index is 0.000000454. The number of carbonyl (C=O) groups excluding carboxylic acids is 3. The number of alkyl halides is 3. The zero-order chi connectivity index (χ0) is 26.6. The Morgan fingerprint density at radius 1 is 1.17 bits per heavy atom. The third-order valence-corrected chi connectivity index (χ3v) is 5.93. The number of piperidine rings is 1. The number of fused-ring (bicyclic) bond motifs is 1. The number of benzene rings is 1. The summed E-state index contributed by atoms with van der Waals surface area (Å²) >= 11 is 0. The number of rotatable bonds is 5. The minimum Gasteiger partial charge on any atom is -0.475 e. The number of hydrogen-bond acceptors (Lipinski definition) is 7. The lowest BCUT2D eigenvalue weighted by Crippen LogP contribution is -2.38. The van der Waals surface area contributed by atoms with Crippen LogP contribution in [0.15, 0.2) is 22.6 Å². The predicted octanol–water partition coefficient (Wildman–Crippen LogP) is 2.45. The summed E-state index contributed by atoms with van der Waals surface area (Å²) in [5.41, 5.74) is 1.90. The Morgan fingerprint density at radius 2 is 1.78 bits per heavy atom. The van der Waals surface area contributed by atoms with Crippen LogP contribution in [-0.2, 0) is 11.3 Å². The second-order valence-corrected chi connectivity index (χ2v) is 8.53. The zero-order valence-corrected chi connectivity index (χ0v) is 19.6. The van der Waals surface area contributed by atoms with E-state index in [1.807, 2.05) is 13.8 Å². The number of nitrogens with one attached hydrogen (secondary N) is 2. The van der Waals surface area contributed by atoms with Gasteiger partial charge < -0.3 is 14.8 Å². The number of oxazole rings is 1. The van der Waals surface area contributed by atoms with Gasteiger partial charge in [-0.1, -0.05) is 0 Å². The molecule has 13 heteroatoms. The first kappa shape index (κ1) is 26.9. The first-order valence-corrected chi connectivity index (χ1v) is 11.1. The van der Waals surface area contributed by atoms with Gasteiger partial charge in [0, 0.05) is 12.1 Å². The van der Waals surface area contributed by atoms with Crippen LogP contribution in [0.25, 0.3) is 0 Å². The van der Waals surface area contributed by atoms with E-state index in [2.05, 4.69) is 20.5 Å². The molecule has 0 radical (unpaired) electrons. The monoisotopic (exact) mass is 510 g/mol. The van der Waals surface area contributed by atoms with Crippen LogP contribution < -0.4 is 10.6 Å². The minimum atomic E-state index is -5.08. The number of amides is 3. The van der Waals surface area contributed by atoms with Crippen molar-refractivity contribution in [2.24, 2.45) is 5.92 Å². The summed E-state index contributed by atoms with van der Waals surface area (Å²) in [4.78, 5) is 51.5. The van der Waals surface area contributed by atoms with Crippen LogP contribution in [0.1, 0.15) is 61.3 Å². The number of hydrogen-bond donors (Lipinski definition) is 3. The fraction of sp³-hybridized carbons (Fsp3) is 0.435. The van der Waals surface area contributed by atoms with Crippen LogP contribution in [0.5, 0.6) is 0 Å². The summed E-state index contributed by atoms with van der Waals surface area (Å²) in [5, 5.41) is 12.3. The maximum absolute atomic E-state index is 12.5. The highest BCUT2D eigenvalue weighted by Crippen LogP contribution is 2.20. The lowest BCUT2D eigenvalue weighted by molar-refractivity contribution is -0.192. The third-order valence-electron chi connectivity index (χ3n) is 5.93. The van der Waals surface area contributed by atoms with Crippen molar-refractivity contribution in [3.8, 4) is 0 Å². The predicted molar refractivity (Wildman–Crippen MR) is 118 cm³/mol. The van der Waals surface area contributed by atoms with E-state index in [-0.39, 0.29) is 11.5 Å². The standard InChI is InChI=1S/C21H24N4O4.C2HF3O2/c1-12-13(2)29-18(23-12)11-25-7-5-14(6-8-25)10-22-19(26)15-3-4-16-17(9-15)21(28)24-20(16)27;3-2(4,5)1(6)7/h3-4,9,14H,5-8,10-11H2,1-2H3,(H,22,26)(H,24,27,28);(H,6,7). The van der Waals surface area contributed by atoms with E-state index in [4.69, 9.17) is 14.3 Å². The Kier molecular flexibility index (Phi) is 8.13. The highest BCUT2D eigenvalue weighted by Gasteiger charge is 2.38. The van der Waals surface area contributed by atoms with Gasteiger partial charge in [0.25, 0.3) is 17.7 Å². The molecule has 1 fully saturated rings. The number of nitrogens with zero attached hydrogens (tertiary/aromatic N) is 2. The normalized spacial score (nSPS) is 16.1. The molecule has 0 aliphatic carbocycles. The smallest absolute Gasteiger partial charge is 0.475 e. The first-order chi connectivity index (χ1) is 16.8. The second kappa shape index (κ2) is 10.9. The fourth-order valence-corrected chi connectivity index (χ4v) is 3.79. The van der Waals surface area contributed by atoms with Crippen molar-refractivity contribution in [3.63, 3.8) is 0 Å². The minimum absolute atomic E-state index is 0.229. The molecule has 0 bridgehead atoms. The molecule has 0 atom stereocenters. The quantitative estimate of drug-likeness (QED) is 0.521. The van der Waals surface area contributed by atoms with Gasteiger partial charge >= 0.3 is 12.1 Å². The molecule has 4 rings (SSSR count). The number of likely N-dealkylation sites (tertiary alicyclic amines) is 1. The third kappa shape index (κ3) is 6.68. The van der Waals surface area contributed by atoms with Crippen LogP contribution in [-0.4, -0.2) is 64.5 Å². The number of aryl methyl sites for hydroxylation is 2. The van der Waals surface area contributed by atoms with Gasteiger partial charge in [0.2, 0.25) is 5.89 Å². The molecule has 10 nitrogen and oxygen atoms in total. The fourth-order valence-electron chi connectivity index (χ4n) is 3.79. The van der Waals surface area contributed by atoms with Gasteiger partial charge in [-0.15, -0.1) is 0 Å². The summed E-state index contributed by atoms with van der Waals surface area (Å²) in [7, 11) is 0. The van der Waals surface area contributed by atoms with Gasteiger partial charge in [-0.05, 0) is 63.9 Å². The van der Waals surface area contributed by atoms with Gasteiger partial charge in [0.05, 0.1) is 23.4 Å². The molecule has 0 spiro atoms. The molecule has 0 unspecified atom stereocenters. The molecule has 3 N–H and O–H groups in total. The Morgan fingerprint density at radius 3 is 2.33 bits per heavy atom. The van der Waals surface area contributed by atoms with Gasteiger partial charge in [-0.2, -0.15) is 13.2 Å². The van der Waals surface area contributed by atoms with Crippen molar-refractivity contribution in [2.75, 3.05) is 19.6 Å². The number of imide groups is 1. The number of halogens is 3.